The summed E-state index contributed by atoms with van der Waals surface area (Å²) in [6.45, 7) is 11.6. The Bertz CT molecular complexity index is 1510. The zero-order valence-electron chi connectivity index (χ0n) is 35.0. The Morgan fingerprint density at radius 3 is 1.38 bits per heavy atom. The molecule has 0 N–H and O–H groups in total. The maximum Gasteiger partial charge on any atom is 0.172 e. The number of hydrogen-bond donors (Lipinski definition) is 0. The first-order valence-electron chi connectivity index (χ1n) is 23.1. The monoisotopic (exact) mass is 806 g/mol. The van der Waals surface area contributed by atoms with Crippen molar-refractivity contribution in [2.24, 2.45) is 69.0 Å². The molecule has 10 rings (SSSR count). The molecule has 2 aliphatic heterocycles. The average molecular weight is 807 g/mol. The summed E-state index contributed by atoms with van der Waals surface area (Å²) in [6, 6.07) is 0. The Kier molecular flexibility index (Phi) is 10.2. The van der Waals surface area contributed by atoms with Crippen LogP contribution in [0.3, 0.4) is 0 Å². The van der Waals surface area contributed by atoms with Crippen LogP contribution >= 0.6 is 23.5 Å². The molecule has 2 spiro atoms. The van der Waals surface area contributed by atoms with Crippen LogP contribution in [0.15, 0.2) is 23.3 Å². The molecule has 0 amide bonds. The van der Waals surface area contributed by atoms with Gasteiger partial charge in [-0.3, -0.25) is 9.59 Å². The van der Waals surface area contributed by atoms with E-state index in [0.29, 0.717) is 47.1 Å². The number of carbonyl (C=O) groups excluding carboxylic acids is 2. The largest absolute Gasteiger partial charge is 0.347 e. The standard InChI is InChI=1S/C48H70O6S2/c1-31(49)37-9-11-39-35-7-5-33-27-47(51-21-22-52-47)19-17-45(33,41(35)13-15-43(37,39)3)29-55-25-26-56-30-46-18-20-48(53-23-24-54-48)28-34(46)6-8-36-40-12-10-38(32(2)50)44(40,4)16-14-42(36)46/h5-6,35-42H,7-30H2,1-4H3/t35-,36-,37+,38+,39-,40-,41-,42-,43+,44+,45+,46+/m0/s1. The second kappa shape index (κ2) is 14.5. The predicted molar refractivity (Wildman–Crippen MR) is 224 cm³/mol. The third-order valence-corrected chi connectivity index (χ3v) is 22.1. The summed E-state index contributed by atoms with van der Waals surface area (Å²) >= 11 is 4.47. The molecular weight excluding hydrogens is 737 g/mol. The second-order valence-electron chi connectivity index (χ2n) is 21.2. The lowest BCUT2D eigenvalue weighted by Crippen LogP contribution is -2.54. The van der Waals surface area contributed by atoms with Crippen molar-refractivity contribution in [2.45, 2.75) is 142 Å². The Morgan fingerprint density at radius 1 is 0.571 bits per heavy atom. The van der Waals surface area contributed by atoms with E-state index < -0.39 is 11.6 Å². The number of thioether (sulfide) groups is 2. The van der Waals surface area contributed by atoms with Crippen LogP contribution in [0.2, 0.25) is 0 Å². The van der Waals surface area contributed by atoms with Crippen LogP contribution in [0.5, 0.6) is 0 Å². The van der Waals surface area contributed by atoms with Gasteiger partial charge in [0, 0.05) is 71.4 Å². The molecular formula is C48H70O6S2. The van der Waals surface area contributed by atoms with Crippen LogP contribution < -0.4 is 0 Å². The smallest absolute Gasteiger partial charge is 0.172 e. The van der Waals surface area contributed by atoms with Gasteiger partial charge in [0.05, 0.1) is 26.4 Å². The maximum absolute atomic E-state index is 12.9. The minimum atomic E-state index is -0.392. The molecule has 0 aromatic rings. The summed E-state index contributed by atoms with van der Waals surface area (Å²) < 4.78 is 25.4. The highest BCUT2D eigenvalue weighted by molar-refractivity contribution is 8.02. The molecule has 0 aromatic heterocycles. The molecule has 0 bridgehead atoms. The highest BCUT2D eigenvalue weighted by atomic mass is 32.2. The van der Waals surface area contributed by atoms with Crippen molar-refractivity contribution in [3.05, 3.63) is 23.3 Å². The van der Waals surface area contributed by atoms with Crippen LogP contribution in [-0.2, 0) is 28.5 Å². The number of rotatable bonds is 9. The first-order valence-corrected chi connectivity index (χ1v) is 25.4. The third kappa shape index (κ3) is 5.98. The Hall–Kier alpha value is -0.640. The van der Waals surface area contributed by atoms with Crippen molar-refractivity contribution in [1.82, 2.24) is 0 Å². The van der Waals surface area contributed by atoms with Crippen LogP contribution in [0.25, 0.3) is 0 Å². The Balaban J connectivity index is 0.842. The SMILES string of the molecule is CC(=O)[C@H]1CC[C@H]2[C@@H]3CC=C4CC5(CC[C@]4(CSCCSC[C@]46CCC7(CC4=CC[C@@H]4[C@@H]6CC[C@]6(C)[C@@H](C(C)=O)CC[C@@H]46)OCCO7)[C@H]3CC[C@]12C)OCCO5. The maximum atomic E-state index is 12.9. The van der Waals surface area contributed by atoms with E-state index >= 15 is 0 Å². The van der Waals surface area contributed by atoms with Gasteiger partial charge in [0.1, 0.15) is 11.6 Å². The van der Waals surface area contributed by atoms with Gasteiger partial charge in [-0.1, -0.05) is 37.1 Å². The first kappa shape index (κ1) is 39.5. The number of allylic oxidation sites excluding steroid dienone is 2. The Labute approximate surface area is 345 Å². The highest BCUT2D eigenvalue weighted by Gasteiger charge is 2.64. The molecule has 2 saturated heterocycles. The molecule has 6 saturated carbocycles. The van der Waals surface area contributed by atoms with E-state index in [1.165, 1.54) is 87.2 Å². The minimum Gasteiger partial charge on any atom is -0.347 e. The predicted octanol–water partition coefficient (Wildman–Crippen LogP) is 10.2. The summed E-state index contributed by atoms with van der Waals surface area (Å²) in [7, 11) is 0. The van der Waals surface area contributed by atoms with Crippen molar-refractivity contribution in [3.63, 3.8) is 0 Å². The van der Waals surface area contributed by atoms with E-state index in [0.717, 1.165) is 65.0 Å². The molecule has 8 heteroatoms. The van der Waals surface area contributed by atoms with Gasteiger partial charge in [0.15, 0.2) is 11.6 Å². The quantitative estimate of drug-likeness (QED) is 0.169. The van der Waals surface area contributed by atoms with E-state index in [9.17, 15) is 9.59 Å². The minimum absolute atomic E-state index is 0.181. The summed E-state index contributed by atoms with van der Waals surface area (Å²) in [5.74, 6) is 9.57. The fraction of sp³-hybridized carbons (Fsp3) is 0.875. The zero-order chi connectivity index (χ0) is 38.6. The second-order valence-corrected chi connectivity index (χ2v) is 23.5. The fourth-order valence-electron chi connectivity index (χ4n) is 16.8. The Morgan fingerprint density at radius 2 is 0.982 bits per heavy atom. The summed E-state index contributed by atoms with van der Waals surface area (Å²) in [5, 5.41) is 0. The van der Waals surface area contributed by atoms with Crippen molar-refractivity contribution < 1.29 is 28.5 Å². The van der Waals surface area contributed by atoms with E-state index in [4.69, 9.17) is 18.9 Å². The fourth-order valence-corrected chi connectivity index (χ4v) is 19.9. The van der Waals surface area contributed by atoms with Gasteiger partial charge in [-0.05, 0) is 137 Å². The lowest BCUT2D eigenvalue weighted by Gasteiger charge is -2.60. The lowest BCUT2D eigenvalue weighted by molar-refractivity contribution is -0.185. The van der Waals surface area contributed by atoms with Gasteiger partial charge >= 0.3 is 0 Å². The number of ether oxygens (including phenoxy) is 4. The van der Waals surface area contributed by atoms with E-state index in [-0.39, 0.29) is 33.5 Å². The number of fused-ring (bicyclic) bond motifs is 10. The van der Waals surface area contributed by atoms with Gasteiger partial charge in [0.25, 0.3) is 0 Å². The van der Waals surface area contributed by atoms with E-state index in [1.807, 2.05) is 13.8 Å². The summed E-state index contributed by atoms with van der Waals surface area (Å²) in [5.41, 5.74) is 4.11. The lowest BCUT2D eigenvalue weighted by atomic mass is 9.47. The summed E-state index contributed by atoms with van der Waals surface area (Å²) in [6.07, 6.45) is 23.6. The molecule has 12 atom stereocenters. The first-order chi connectivity index (χ1) is 27.0. The van der Waals surface area contributed by atoms with Gasteiger partial charge in [-0.15, -0.1) is 0 Å². The topological polar surface area (TPSA) is 71.1 Å². The van der Waals surface area contributed by atoms with E-state index in [2.05, 4.69) is 49.5 Å². The molecule has 56 heavy (non-hydrogen) atoms. The van der Waals surface area contributed by atoms with Gasteiger partial charge in [-0.2, -0.15) is 23.5 Å². The molecule has 6 nitrogen and oxygen atoms in total. The number of Topliss-reactive ketones (excluding diaryl/α,β-unsaturated/α-hetero) is 2. The average Bonchev–Trinajstić information content (AvgIpc) is 3.98. The van der Waals surface area contributed by atoms with Crippen molar-refractivity contribution in [3.8, 4) is 0 Å². The third-order valence-electron chi connectivity index (χ3n) is 19.4. The van der Waals surface area contributed by atoms with Crippen molar-refractivity contribution in [1.29, 1.82) is 0 Å². The molecule has 8 aliphatic carbocycles. The normalized spacial score (nSPS) is 46.9. The highest BCUT2D eigenvalue weighted by Crippen LogP contribution is 2.70. The zero-order valence-corrected chi connectivity index (χ0v) is 36.6. The van der Waals surface area contributed by atoms with Crippen molar-refractivity contribution >= 4 is 35.1 Å². The number of hydrogen-bond acceptors (Lipinski definition) is 8. The molecule has 8 fully saturated rings. The van der Waals surface area contributed by atoms with E-state index in [1.54, 1.807) is 11.1 Å². The van der Waals surface area contributed by atoms with Gasteiger partial charge < -0.3 is 18.9 Å². The van der Waals surface area contributed by atoms with Gasteiger partial charge in [-0.25, -0.2) is 0 Å². The summed E-state index contributed by atoms with van der Waals surface area (Å²) in [4.78, 5) is 25.7. The molecule has 0 aromatic carbocycles. The molecule has 10 aliphatic rings. The van der Waals surface area contributed by atoms with Crippen LogP contribution in [0, 0.1) is 69.0 Å². The number of carbonyl (C=O) groups is 2. The van der Waals surface area contributed by atoms with Crippen LogP contribution in [0.4, 0.5) is 0 Å². The molecule has 0 radical (unpaired) electrons. The van der Waals surface area contributed by atoms with Gasteiger partial charge in [0.2, 0.25) is 0 Å². The molecule has 2 heterocycles. The molecule has 310 valence electrons. The molecule has 0 unspecified atom stereocenters. The number of ketones is 2. The van der Waals surface area contributed by atoms with Crippen LogP contribution in [0.1, 0.15) is 130 Å². The van der Waals surface area contributed by atoms with Crippen LogP contribution in [-0.4, -0.2) is 72.6 Å². The van der Waals surface area contributed by atoms with Crippen molar-refractivity contribution in [2.75, 3.05) is 49.4 Å².